The zero-order chi connectivity index (χ0) is 26.1. The van der Waals surface area contributed by atoms with Gasteiger partial charge in [-0.1, -0.05) is 53.5 Å². The van der Waals surface area contributed by atoms with Crippen LogP contribution < -0.4 is 15.9 Å². The number of carbonyl (C=O) groups is 1. The molecule has 192 valence electrons. The van der Waals surface area contributed by atoms with Gasteiger partial charge >= 0.3 is 5.97 Å². The van der Waals surface area contributed by atoms with Crippen LogP contribution in [-0.4, -0.2) is 55.0 Å². The normalized spacial score (nSPS) is 16.8. The standard InChI is InChI=1S/C22H26N6O6S2/c1-15-9-11-17(12-10-15)36(32,33)27-18(8-5-13-24-22(23)26-28(30)31)21(29)34-19-14-35-20(25-19)16-6-3-2-4-7-16/h2-4,6-7,9-12,18-19,27H,5,8,13-14H2,1H3,(H3,23,24,26)/t18-,19?/m0/s1. The number of aliphatic imine (C=N–C) groups is 2. The third-order valence-corrected chi connectivity index (χ3v) is 7.50. The summed E-state index contributed by atoms with van der Waals surface area (Å²) in [5.41, 5.74) is 8.88. The molecule has 2 aromatic rings. The summed E-state index contributed by atoms with van der Waals surface area (Å²) in [5, 5.41) is 10.3. The Bertz CT molecular complexity index is 1240. The monoisotopic (exact) mass is 534 g/mol. The fourth-order valence-corrected chi connectivity index (χ4v) is 5.35. The van der Waals surface area contributed by atoms with Gasteiger partial charge in [-0.2, -0.15) is 4.72 Å². The van der Waals surface area contributed by atoms with Crippen molar-refractivity contribution >= 4 is 38.8 Å². The van der Waals surface area contributed by atoms with E-state index in [0.29, 0.717) is 5.75 Å². The van der Waals surface area contributed by atoms with Gasteiger partial charge in [0.2, 0.25) is 16.3 Å². The van der Waals surface area contributed by atoms with Gasteiger partial charge in [-0.15, -0.1) is 11.8 Å². The Labute approximate surface area is 212 Å². The minimum atomic E-state index is -4.03. The number of benzene rings is 2. The lowest BCUT2D eigenvalue weighted by Crippen LogP contribution is -2.43. The van der Waals surface area contributed by atoms with Crippen LogP contribution in [0.5, 0.6) is 0 Å². The molecule has 0 aromatic heterocycles. The summed E-state index contributed by atoms with van der Waals surface area (Å²) in [6, 6.07) is 14.4. The molecule has 2 atom stereocenters. The van der Waals surface area contributed by atoms with E-state index < -0.39 is 39.3 Å². The average Bonchev–Trinajstić information content (AvgIpc) is 3.30. The fraction of sp³-hybridized carbons (Fsp3) is 0.318. The molecule has 1 heterocycles. The Kier molecular flexibility index (Phi) is 9.38. The first-order valence-corrected chi connectivity index (χ1v) is 13.4. The van der Waals surface area contributed by atoms with Crippen molar-refractivity contribution in [3.05, 3.63) is 75.8 Å². The van der Waals surface area contributed by atoms with Crippen molar-refractivity contribution in [1.82, 2.24) is 10.1 Å². The molecule has 1 aliphatic rings. The molecule has 0 saturated heterocycles. The number of ether oxygens (including phenoxy) is 1. The van der Waals surface area contributed by atoms with Crippen LogP contribution in [-0.2, 0) is 19.6 Å². The zero-order valence-corrected chi connectivity index (χ0v) is 21.0. The van der Waals surface area contributed by atoms with Crippen LogP contribution in [0.15, 0.2) is 69.5 Å². The molecule has 0 spiro atoms. The van der Waals surface area contributed by atoms with Crippen LogP contribution in [0.2, 0.25) is 0 Å². The summed E-state index contributed by atoms with van der Waals surface area (Å²) in [5.74, 6) is -0.777. The molecule has 36 heavy (non-hydrogen) atoms. The van der Waals surface area contributed by atoms with Crippen molar-refractivity contribution in [1.29, 1.82) is 0 Å². The fourth-order valence-electron chi connectivity index (χ4n) is 3.19. The van der Waals surface area contributed by atoms with Gasteiger partial charge in [0, 0.05) is 12.1 Å². The number of nitro groups is 1. The molecule has 1 aliphatic heterocycles. The Morgan fingerprint density at radius 2 is 1.97 bits per heavy atom. The lowest BCUT2D eigenvalue weighted by atomic mass is 10.2. The predicted molar refractivity (Wildman–Crippen MR) is 136 cm³/mol. The summed E-state index contributed by atoms with van der Waals surface area (Å²) in [6.07, 6.45) is -0.537. The van der Waals surface area contributed by atoms with E-state index in [1.165, 1.54) is 23.9 Å². The first kappa shape index (κ1) is 27.1. The number of nitrogens with zero attached hydrogens (tertiary/aromatic N) is 3. The summed E-state index contributed by atoms with van der Waals surface area (Å²) in [4.78, 5) is 31.6. The summed E-state index contributed by atoms with van der Waals surface area (Å²) >= 11 is 1.44. The Hall–Kier alpha value is -3.49. The van der Waals surface area contributed by atoms with E-state index in [2.05, 4.69) is 14.7 Å². The van der Waals surface area contributed by atoms with E-state index in [1.807, 2.05) is 37.3 Å². The third kappa shape index (κ3) is 8.03. The van der Waals surface area contributed by atoms with Crippen molar-refractivity contribution in [3.8, 4) is 0 Å². The topological polar surface area (TPSA) is 178 Å². The summed E-state index contributed by atoms with van der Waals surface area (Å²) < 4.78 is 33.7. The molecule has 0 radical (unpaired) electrons. The van der Waals surface area contributed by atoms with Gasteiger partial charge in [-0.25, -0.2) is 28.5 Å². The van der Waals surface area contributed by atoms with E-state index in [9.17, 15) is 23.3 Å². The van der Waals surface area contributed by atoms with Crippen molar-refractivity contribution in [3.63, 3.8) is 0 Å². The number of thioether (sulfide) groups is 1. The number of rotatable bonds is 11. The summed E-state index contributed by atoms with van der Waals surface area (Å²) in [6.45, 7) is 1.85. The first-order valence-electron chi connectivity index (χ1n) is 10.9. The molecule has 14 heteroatoms. The van der Waals surface area contributed by atoms with Gasteiger partial charge in [0.1, 0.15) is 11.1 Å². The quantitative estimate of drug-likeness (QED) is 0.0963. The molecule has 2 aromatic carbocycles. The minimum Gasteiger partial charge on any atom is -0.438 e. The maximum absolute atomic E-state index is 13.0. The highest BCUT2D eigenvalue weighted by Gasteiger charge is 2.30. The largest absolute Gasteiger partial charge is 0.438 e. The molecule has 0 amide bonds. The number of nitrogens with two attached hydrogens (primary N) is 1. The molecule has 12 nitrogen and oxygen atoms in total. The van der Waals surface area contributed by atoms with Gasteiger partial charge < -0.3 is 10.5 Å². The van der Waals surface area contributed by atoms with Crippen LogP contribution in [0.25, 0.3) is 0 Å². The molecule has 0 saturated carbocycles. The van der Waals surface area contributed by atoms with Gasteiger partial charge in [0.05, 0.1) is 10.6 Å². The maximum Gasteiger partial charge on any atom is 0.326 e. The molecule has 3 rings (SSSR count). The van der Waals surface area contributed by atoms with E-state index >= 15 is 0 Å². The zero-order valence-electron chi connectivity index (χ0n) is 19.4. The summed E-state index contributed by atoms with van der Waals surface area (Å²) in [7, 11) is -4.03. The number of carbonyl (C=O) groups excluding carboxylic acids is 1. The van der Waals surface area contributed by atoms with Crippen molar-refractivity contribution in [2.45, 2.75) is 36.9 Å². The predicted octanol–water partition coefficient (Wildman–Crippen LogP) is 1.58. The Morgan fingerprint density at radius 1 is 1.28 bits per heavy atom. The third-order valence-electron chi connectivity index (χ3n) is 4.95. The maximum atomic E-state index is 13.0. The van der Waals surface area contributed by atoms with E-state index in [4.69, 9.17) is 10.5 Å². The highest BCUT2D eigenvalue weighted by atomic mass is 32.2. The number of esters is 1. The molecule has 0 fully saturated rings. The number of nitrogens with one attached hydrogen (secondary N) is 2. The highest BCUT2D eigenvalue weighted by Crippen LogP contribution is 2.24. The second-order valence-electron chi connectivity index (χ2n) is 7.77. The second kappa shape index (κ2) is 12.5. The molecule has 0 aliphatic carbocycles. The molecule has 4 N–H and O–H groups in total. The van der Waals surface area contributed by atoms with Crippen molar-refractivity contribution in [2.75, 3.05) is 12.3 Å². The van der Waals surface area contributed by atoms with Crippen LogP contribution in [0.3, 0.4) is 0 Å². The molecule has 1 unspecified atom stereocenters. The SMILES string of the molecule is Cc1ccc(S(=O)(=O)N[C@@H](CCCN=C(N)N[N+](=O)[O-])C(=O)OC2CSC(c3ccccc3)=N2)cc1. The highest BCUT2D eigenvalue weighted by molar-refractivity contribution is 8.14. The van der Waals surface area contributed by atoms with Gasteiger partial charge in [-0.3, -0.25) is 4.79 Å². The Balaban J connectivity index is 1.70. The van der Waals surface area contributed by atoms with Gasteiger partial charge in [0.15, 0.2) is 5.03 Å². The van der Waals surface area contributed by atoms with Crippen molar-refractivity contribution < 1.29 is 23.0 Å². The number of hydrazine groups is 1. The number of hydrogen-bond acceptors (Lipinski definition) is 9. The average molecular weight is 535 g/mol. The van der Waals surface area contributed by atoms with Crippen LogP contribution in [0.1, 0.15) is 24.0 Å². The smallest absolute Gasteiger partial charge is 0.326 e. The molecule has 0 bridgehead atoms. The van der Waals surface area contributed by atoms with Gasteiger partial charge in [-0.05, 0) is 31.9 Å². The number of guanidine groups is 1. The second-order valence-corrected chi connectivity index (χ2v) is 10.5. The number of sulfonamides is 1. The van der Waals surface area contributed by atoms with E-state index in [1.54, 1.807) is 17.6 Å². The lowest BCUT2D eigenvalue weighted by Gasteiger charge is -2.19. The van der Waals surface area contributed by atoms with E-state index in [0.717, 1.165) is 16.2 Å². The van der Waals surface area contributed by atoms with Crippen LogP contribution in [0, 0.1) is 17.0 Å². The Morgan fingerprint density at radius 3 is 2.64 bits per heavy atom. The van der Waals surface area contributed by atoms with Crippen LogP contribution in [0.4, 0.5) is 0 Å². The molecular formula is C22H26N6O6S2. The lowest BCUT2D eigenvalue weighted by molar-refractivity contribution is -0.525. The van der Waals surface area contributed by atoms with Crippen molar-refractivity contribution in [2.24, 2.45) is 15.7 Å². The minimum absolute atomic E-state index is 0.00385. The number of aryl methyl sites for hydroxylation is 1. The number of hydrogen-bond donors (Lipinski definition) is 3. The van der Waals surface area contributed by atoms with Gasteiger partial charge in [0.25, 0.3) is 5.96 Å². The van der Waals surface area contributed by atoms with E-state index in [-0.39, 0.29) is 24.3 Å². The van der Waals surface area contributed by atoms with Crippen LogP contribution >= 0.6 is 11.8 Å². The molecular weight excluding hydrogens is 508 g/mol. The first-order chi connectivity index (χ1) is 17.1.